The minimum absolute atomic E-state index is 0.329. The molecule has 0 heterocycles. The molecule has 5 heteroatoms. The zero-order chi connectivity index (χ0) is 15.5. The topological polar surface area (TPSA) is 79.7 Å². The number of methoxy groups -OCH3 is 3. The molecular weight excluding hydrogens is 256 g/mol. The van der Waals surface area contributed by atoms with Crippen LogP contribution < -0.4 is 11.5 Å². The van der Waals surface area contributed by atoms with Crippen molar-refractivity contribution in [3.05, 3.63) is 47.2 Å². The molecule has 0 saturated carbocycles. The van der Waals surface area contributed by atoms with Gasteiger partial charge in [-0.2, -0.15) is 0 Å². The van der Waals surface area contributed by atoms with Gasteiger partial charge in [0.05, 0.1) is 20.0 Å². The lowest BCUT2D eigenvalue weighted by atomic mass is 10.0. The van der Waals surface area contributed by atoms with Gasteiger partial charge in [0.15, 0.2) is 11.5 Å². The summed E-state index contributed by atoms with van der Waals surface area (Å²) in [6.07, 6.45) is 5.01. The Balaban J connectivity index is 5.39. The van der Waals surface area contributed by atoms with Crippen LogP contribution in [0.5, 0.6) is 0 Å². The fourth-order valence-electron chi connectivity index (χ4n) is 1.64. The van der Waals surface area contributed by atoms with E-state index in [0.29, 0.717) is 30.4 Å². The maximum atomic E-state index is 5.66. The Morgan fingerprint density at radius 3 is 2.15 bits per heavy atom. The van der Waals surface area contributed by atoms with Gasteiger partial charge in [-0.1, -0.05) is 19.6 Å². The van der Waals surface area contributed by atoms with E-state index in [1.807, 2.05) is 13.0 Å². The molecule has 114 valence electrons. The van der Waals surface area contributed by atoms with E-state index in [0.717, 1.165) is 17.6 Å². The summed E-state index contributed by atoms with van der Waals surface area (Å²) in [7, 11) is 4.75. The van der Waals surface area contributed by atoms with Gasteiger partial charge in [0, 0.05) is 7.11 Å². The Kier molecular flexibility index (Phi) is 9.04. The van der Waals surface area contributed by atoms with Gasteiger partial charge in [0.1, 0.15) is 6.61 Å². The standard InChI is InChI=1S/C15H26N2O3/c1-6-11(8-12(7-2)15(16)17)9-13(19-4)14(20-5)10-18-3/h6,9H,1,7-8,10,16-17H2,2-5H3/b11-9+,14-13-. The lowest BCUT2D eigenvalue weighted by molar-refractivity contribution is 0.141. The quantitative estimate of drug-likeness (QED) is 0.500. The van der Waals surface area contributed by atoms with Crippen LogP contribution in [-0.4, -0.2) is 27.9 Å². The van der Waals surface area contributed by atoms with Crippen LogP contribution in [0, 0.1) is 0 Å². The summed E-state index contributed by atoms with van der Waals surface area (Å²) in [4.78, 5) is 0. The van der Waals surface area contributed by atoms with Crippen molar-refractivity contribution < 1.29 is 14.2 Å². The van der Waals surface area contributed by atoms with Crippen LogP contribution in [0.25, 0.3) is 0 Å². The Labute approximate surface area is 121 Å². The van der Waals surface area contributed by atoms with E-state index < -0.39 is 0 Å². The van der Waals surface area contributed by atoms with Gasteiger partial charge >= 0.3 is 0 Å². The first-order valence-corrected chi connectivity index (χ1v) is 6.39. The zero-order valence-corrected chi connectivity index (χ0v) is 12.9. The molecule has 0 spiro atoms. The summed E-state index contributed by atoms with van der Waals surface area (Å²) in [6.45, 7) is 6.14. The first-order valence-electron chi connectivity index (χ1n) is 6.39. The lowest BCUT2D eigenvalue weighted by Crippen LogP contribution is -2.12. The van der Waals surface area contributed by atoms with Crippen molar-refractivity contribution >= 4 is 0 Å². The van der Waals surface area contributed by atoms with Crippen molar-refractivity contribution in [2.75, 3.05) is 27.9 Å². The monoisotopic (exact) mass is 282 g/mol. The van der Waals surface area contributed by atoms with Crippen LogP contribution in [0.15, 0.2) is 47.2 Å². The summed E-state index contributed by atoms with van der Waals surface area (Å²) >= 11 is 0. The molecule has 5 nitrogen and oxygen atoms in total. The second-order valence-corrected chi connectivity index (χ2v) is 4.14. The van der Waals surface area contributed by atoms with Crippen LogP contribution in [0.3, 0.4) is 0 Å². The molecule has 0 saturated heterocycles. The molecule has 0 rings (SSSR count). The number of allylic oxidation sites excluding steroid dienone is 4. The number of hydrogen-bond donors (Lipinski definition) is 2. The zero-order valence-electron chi connectivity index (χ0n) is 12.9. The van der Waals surface area contributed by atoms with Crippen molar-refractivity contribution in [3.8, 4) is 0 Å². The van der Waals surface area contributed by atoms with E-state index in [4.69, 9.17) is 25.7 Å². The normalized spacial score (nSPS) is 12.5. The van der Waals surface area contributed by atoms with Gasteiger partial charge in [-0.3, -0.25) is 0 Å². The predicted octanol–water partition coefficient (Wildman–Crippen LogP) is 2.18. The van der Waals surface area contributed by atoms with Crippen LogP contribution >= 0.6 is 0 Å². The third-order valence-corrected chi connectivity index (χ3v) is 2.85. The molecule has 0 atom stereocenters. The van der Waals surface area contributed by atoms with Gasteiger partial charge in [-0.05, 0) is 30.1 Å². The highest BCUT2D eigenvalue weighted by molar-refractivity contribution is 5.32. The van der Waals surface area contributed by atoms with Crippen LogP contribution in [0.2, 0.25) is 0 Å². The number of nitrogens with two attached hydrogens (primary N) is 2. The first kappa shape index (κ1) is 18.1. The first-order chi connectivity index (χ1) is 9.53. The van der Waals surface area contributed by atoms with Crippen LogP contribution in [-0.2, 0) is 14.2 Å². The van der Waals surface area contributed by atoms with E-state index >= 15 is 0 Å². The van der Waals surface area contributed by atoms with Gasteiger partial charge in [-0.15, -0.1) is 0 Å². The molecule has 0 aliphatic heterocycles. The van der Waals surface area contributed by atoms with Gasteiger partial charge in [0.2, 0.25) is 0 Å². The lowest BCUT2D eigenvalue weighted by Gasteiger charge is -2.12. The molecule has 0 fully saturated rings. The van der Waals surface area contributed by atoms with Gasteiger partial charge in [0.25, 0.3) is 0 Å². The molecule has 0 aromatic heterocycles. The average molecular weight is 282 g/mol. The van der Waals surface area contributed by atoms with Crippen LogP contribution in [0.4, 0.5) is 0 Å². The molecule has 0 bridgehead atoms. The summed E-state index contributed by atoms with van der Waals surface area (Å²) in [5.74, 6) is 1.56. The maximum absolute atomic E-state index is 5.66. The minimum atomic E-state index is 0.329. The van der Waals surface area contributed by atoms with E-state index in [9.17, 15) is 0 Å². The SMILES string of the molecule is C=C/C(=C\C(OC)=C(/COC)OC)CC(CC)=C(N)N. The summed E-state index contributed by atoms with van der Waals surface area (Å²) in [5.41, 5.74) is 13.2. The molecule has 4 N–H and O–H groups in total. The average Bonchev–Trinajstić information content (AvgIpc) is 2.45. The summed E-state index contributed by atoms with van der Waals surface area (Å²) in [6, 6.07) is 0. The fourth-order valence-corrected chi connectivity index (χ4v) is 1.64. The molecule has 0 aliphatic carbocycles. The van der Waals surface area contributed by atoms with Crippen molar-refractivity contribution in [1.82, 2.24) is 0 Å². The third-order valence-electron chi connectivity index (χ3n) is 2.85. The fraction of sp³-hybridized carbons (Fsp3) is 0.467. The van der Waals surface area contributed by atoms with Crippen molar-refractivity contribution in [2.24, 2.45) is 11.5 Å². The molecule has 20 heavy (non-hydrogen) atoms. The molecule has 0 aliphatic rings. The smallest absolute Gasteiger partial charge is 0.163 e. The summed E-state index contributed by atoms with van der Waals surface area (Å²) in [5, 5.41) is 0. The van der Waals surface area contributed by atoms with Crippen molar-refractivity contribution in [1.29, 1.82) is 0 Å². The van der Waals surface area contributed by atoms with Gasteiger partial charge in [-0.25, -0.2) is 0 Å². The Morgan fingerprint density at radius 1 is 1.15 bits per heavy atom. The highest BCUT2D eigenvalue weighted by atomic mass is 16.5. The highest BCUT2D eigenvalue weighted by Crippen LogP contribution is 2.19. The van der Waals surface area contributed by atoms with E-state index in [-0.39, 0.29) is 0 Å². The Bertz CT molecular complexity index is 405. The van der Waals surface area contributed by atoms with Crippen molar-refractivity contribution in [3.63, 3.8) is 0 Å². The molecule has 0 amide bonds. The van der Waals surface area contributed by atoms with E-state index in [2.05, 4.69) is 6.58 Å². The summed E-state index contributed by atoms with van der Waals surface area (Å²) < 4.78 is 15.7. The van der Waals surface area contributed by atoms with E-state index in [1.165, 1.54) is 0 Å². The predicted molar refractivity (Wildman–Crippen MR) is 81.5 cm³/mol. The Hall–Kier alpha value is -1.88. The molecule has 0 aromatic rings. The van der Waals surface area contributed by atoms with Crippen LogP contribution in [0.1, 0.15) is 19.8 Å². The molecular formula is C15H26N2O3. The van der Waals surface area contributed by atoms with Crippen molar-refractivity contribution in [2.45, 2.75) is 19.8 Å². The Morgan fingerprint density at radius 2 is 1.80 bits per heavy atom. The van der Waals surface area contributed by atoms with E-state index in [1.54, 1.807) is 27.4 Å². The number of rotatable bonds is 9. The second-order valence-electron chi connectivity index (χ2n) is 4.14. The largest absolute Gasteiger partial charge is 0.495 e. The third kappa shape index (κ3) is 5.84. The molecule has 0 radical (unpaired) electrons. The minimum Gasteiger partial charge on any atom is -0.495 e. The highest BCUT2D eigenvalue weighted by Gasteiger charge is 2.08. The number of hydrogen-bond acceptors (Lipinski definition) is 5. The second kappa shape index (κ2) is 9.97. The molecule has 0 unspecified atom stereocenters. The molecule has 0 aromatic carbocycles. The number of ether oxygens (including phenoxy) is 3. The maximum Gasteiger partial charge on any atom is 0.163 e. The van der Waals surface area contributed by atoms with Gasteiger partial charge < -0.3 is 25.7 Å².